The van der Waals surface area contributed by atoms with Gasteiger partial charge in [-0.15, -0.1) is 6.58 Å². The molecule has 2 amide bonds. The molecule has 0 N–H and O–H groups in total. The fourth-order valence-corrected chi connectivity index (χ4v) is 4.73. The van der Waals surface area contributed by atoms with Crippen molar-refractivity contribution in [3.05, 3.63) is 87.3 Å². The van der Waals surface area contributed by atoms with Crippen LogP contribution in [-0.2, 0) is 10.3 Å². The maximum absolute atomic E-state index is 13.8. The Balaban J connectivity index is 1.97. The Morgan fingerprint density at radius 2 is 1.80 bits per heavy atom. The van der Waals surface area contributed by atoms with Crippen molar-refractivity contribution >= 4 is 28.5 Å². The first-order valence-electron chi connectivity index (χ1n) is 9.73. The molecule has 0 radical (unpaired) electrons. The number of hydrogen-bond donors (Lipinski definition) is 0. The van der Waals surface area contributed by atoms with Crippen LogP contribution in [-0.4, -0.2) is 30.3 Å². The van der Waals surface area contributed by atoms with Gasteiger partial charge in [0.25, 0.3) is 11.8 Å². The number of likely N-dealkylation sites (N-methyl/N-ethyl adjacent to an activating group) is 1. The van der Waals surface area contributed by atoms with E-state index in [1.54, 1.807) is 37.4 Å². The van der Waals surface area contributed by atoms with Crippen molar-refractivity contribution in [3.8, 4) is 0 Å². The molecule has 0 saturated heterocycles. The second-order valence-electron chi connectivity index (χ2n) is 7.86. The van der Waals surface area contributed by atoms with E-state index in [1.807, 2.05) is 26.0 Å². The van der Waals surface area contributed by atoms with Crippen molar-refractivity contribution in [2.24, 2.45) is 0 Å². The van der Waals surface area contributed by atoms with Crippen molar-refractivity contribution in [1.29, 1.82) is 0 Å². The highest BCUT2D eigenvalue weighted by atomic mass is 16.3. The first kappa shape index (κ1) is 18.4. The maximum Gasteiger partial charge on any atom is 0.291 e. The van der Waals surface area contributed by atoms with E-state index in [9.17, 15) is 14.4 Å². The van der Waals surface area contributed by atoms with E-state index in [-0.39, 0.29) is 29.2 Å². The fraction of sp³-hybridized carbons (Fsp3) is 0.208. The van der Waals surface area contributed by atoms with Crippen LogP contribution in [0.1, 0.15) is 32.8 Å². The number of carbonyl (C=O) groups excluding carboxylic acids is 2. The van der Waals surface area contributed by atoms with Crippen molar-refractivity contribution in [2.45, 2.75) is 19.4 Å². The molecule has 6 heteroatoms. The van der Waals surface area contributed by atoms with Crippen molar-refractivity contribution < 1.29 is 14.0 Å². The molecule has 2 aliphatic rings. The molecule has 30 heavy (non-hydrogen) atoms. The maximum atomic E-state index is 13.8. The van der Waals surface area contributed by atoms with Crippen LogP contribution in [0.25, 0.3) is 11.0 Å². The van der Waals surface area contributed by atoms with Gasteiger partial charge >= 0.3 is 0 Å². The van der Waals surface area contributed by atoms with Crippen molar-refractivity contribution in [1.82, 2.24) is 4.90 Å². The molecule has 1 aromatic heterocycles. The summed E-state index contributed by atoms with van der Waals surface area (Å²) in [7, 11) is 1.65. The van der Waals surface area contributed by atoms with Gasteiger partial charge in [-0.3, -0.25) is 14.4 Å². The summed E-state index contributed by atoms with van der Waals surface area (Å²) in [5.74, 6) is -0.912. The number of nitrogens with zero attached hydrogens (tertiary/aromatic N) is 2. The smallest absolute Gasteiger partial charge is 0.291 e. The number of amides is 2. The molecule has 3 heterocycles. The number of aryl methyl sites for hydroxylation is 2. The third-order valence-corrected chi connectivity index (χ3v) is 6.29. The number of hydrogen-bond acceptors (Lipinski definition) is 4. The first-order valence-corrected chi connectivity index (χ1v) is 9.73. The molecule has 1 atom stereocenters. The Labute approximate surface area is 173 Å². The van der Waals surface area contributed by atoms with E-state index >= 15 is 0 Å². The summed E-state index contributed by atoms with van der Waals surface area (Å²) in [5.41, 5.74) is 1.68. The summed E-state index contributed by atoms with van der Waals surface area (Å²) in [6.45, 7) is 7.68. The lowest BCUT2D eigenvalue weighted by atomic mass is 9.84. The Hall–Kier alpha value is -3.67. The highest BCUT2D eigenvalue weighted by Crippen LogP contribution is 2.51. The van der Waals surface area contributed by atoms with Crippen LogP contribution in [0, 0.1) is 13.8 Å². The van der Waals surface area contributed by atoms with E-state index < -0.39 is 11.4 Å². The van der Waals surface area contributed by atoms with Crippen molar-refractivity contribution in [3.63, 3.8) is 0 Å². The molecule has 2 aromatic carbocycles. The lowest BCUT2D eigenvalue weighted by Crippen LogP contribution is -2.52. The zero-order valence-electron chi connectivity index (χ0n) is 17.0. The van der Waals surface area contributed by atoms with Gasteiger partial charge in [0.2, 0.25) is 5.76 Å². The third kappa shape index (κ3) is 1.95. The van der Waals surface area contributed by atoms with Gasteiger partial charge in [0, 0.05) is 24.8 Å². The highest BCUT2D eigenvalue weighted by molar-refractivity contribution is 6.17. The minimum Gasteiger partial charge on any atom is -0.450 e. The molecule has 1 unspecified atom stereocenters. The van der Waals surface area contributed by atoms with Gasteiger partial charge in [0.1, 0.15) is 5.58 Å². The molecule has 0 bridgehead atoms. The second kappa shape index (κ2) is 5.92. The second-order valence-corrected chi connectivity index (χ2v) is 7.86. The van der Waals surface area contributed by atoms with Gasteiger partial charge < -0.3 is 14.2 Å². The lowest BCUT2D eigenvalue weighted by Gasteiger charge is -2.33. The molecule has 1 spiro atoms. The number of anilines is 1. The predicted molar refractivity (Wildman–Crippen MR) is 114 cm³/mol. The van der Waals surface area contributed by atoms with Gasteiger partial charge in [-0.25, -0.2) is 0 Å². The summed E-state index contributed by atoms with van der Waals surface area (Å²) in [4.78, 5) is 43.8. The Kier molecular flexibility index (Phi) is 3.62. The Morgan fingerprint density at radius 3 is 2.53 bits per heavy atom. The monoisotopic (exact) mass is 400 g/mol. The normalized spacial score (nSPS) is 19.7. The van der Waals surface area contributed by atoms with Crippen LogP contribution in [0.2, 0.25) is 0 Å². The van der Waals surface area contributed by atoms with E-state index in [0.29, 0.717) is 22.2 Å². The van der Waals surface area contributed by atoms with E-state index in [4.69, 9.17) is 4.42 Å². The molecule has 5 rings (SSSR count). The molecular weight excluding hydrogens is 380 g/mol. The van der Waals surface area contributed by atoms with Crippen LogP contribution in [0.15, 0.2) is 58.3 Å². The molecule has 2 aliphatic heterocycles. The highest BCUT2D eigenvalue weighted by Gasteiger charge is 2.64. The van der Waals surface area contributed by atoms with Gasteiger partial charge in [0.05, 0.1) is 10.9 Å². The summed E-state index contributed by atoms with van der Waals surface area (Å²) >= 11 is 0. The average Bonchev–Trinajstić information content (AvgIpc) is 3.10. The lowest BCUT2D eigenvalue weighted by molar-refractivity contribution is -0.125. The van der Waals surface area contributed by atoms with Gasteiger partial charge in [-0.05, 0) is 43.2 Å². The Bertz CT molecular complexity index is 1350. The number of para-hydroxylation sites is 1. The van der Waals surface area contributed by atoms with E-state index in [0.717, 1.165) is 11.1 Å². The predicted octanol–water partition coefficient (Wildman–Crippen LogP) is 3.27. The van der Waals surface area contributed by atoms with Crippen LogP contribution >= 0.6 is 0 Å². The minimum absolute atomic E-state index is 0.0731. The zero-order chi connectivity index (χ0) is 21.4. The number of rotatable bonds is 2. The molecule has 0 saturated carbocycles. The SMILES string of the molecule is C=CCN1C(=O)c2oc3cc(C)c(C)cc3c(=O)c2C12C(=O)N(C)c1ccccc12. The van der Waals surface area contributed by atoms with Gasteiger partial charge in [-0.2, -0.15) is 0 Å². The summed E-state index contributed by atoms with van der Waals surface area (Å²) in [6.07, 6.45) is 1.55. The van der Waals surface area contributed by atoms with E-state index in [1.165, 1.54) is 9.80 Å². The number of benzene rings is 2. The summed E-state index contributed by atoms with van der Waals surface area (Å²) in [6, 6.07) is 10.8. The molecule has 6 nitrogen and oxygen atoms in total. The minimum atomic E-state index is -1.56. The van der Waals surface area contributed by atoms with Gasteiger partial charge in [-0.1, -0.05) is 24.3 Å². The third-order valence-electron chi connectivity index (χ3n) is 6.29. The first-order chi connectivity index (χ1) is 14.3. The van der Waals surface area contributed by atoms with Crippen LogP contribution in [0.5, 0.6) is 0 Å². The largest absolute Gasteiger partial charge is 0.450 e. The summed E-state index contributed by atoms with van der Waals surface area (Å²) in [5, 5.41) is 0.365. The average molecular weight is 400 g/mol. The molecular formula is C24H20N2O4. The van der Waals surface area contributed by atoms with Crippen LogP contribution < -0.4 is 10.3 Å². The number of carbonyl (C=O) groups is 2. The Morgan fingerprint density at radius 1 is 1.10 bits per heavy atom. The summed E-state index contributed by atoms with van der Waals surface area (Å²) < 4.78 is 6.00. The molecule has 3 aromatic rings. The quantitative estimate of drug-likeness (QED) is 0.619. The molecule has 0 aliphatic carbocycles. The standard InChI is InChI=1S/C24H20N2O4/c1-5-10-26-22(28)21-19(20(27)15-11-13(2)14(3)12-18(15)30-21)24(26)16-8-6-7-9-17(16)25(4)23(24)29/h5-9,11-12H,1,10H2,2-4H3. The van der Waals surface area contributed by atoms with Crippen molar-refractivity contribution in [2.75, 3.05) is 18.5 Å². The molecule has 0 fully saturated rings. The molecule has 150 valence electrons. The number of fused-ring (bicyclic) bond motifs is 5. The van der Waals surface area contributed by atoms with Crippen LogP contribution in [0.3, 0.4) is 0 Å². The fourth-order valence-electron chi connectivity index (χ4n) is 4.73. The topological polar surface area (TPSA) is 70.8 Å². The zero-order valence-corrected chi connectivity index (χ0v) is 17.0. The van der Waals surface area contributed by atoms with Gasteiger partial charge in [0.15, 0.2) is 11.0 Å². The van der Waals surface area contributed by atoms with Crippen LogP contribution in [0.4, 0.5) is 5.69 Å². The van der Waals surface area contributed by atoms with E-state index in [2.05, 4.69) is 6.58 Å².